The molecule has 3 aromatic carbocycles. The van der Waals surface area contributed by atoms with E-state index in [9.17, 15) is 35.5 Å². The first-order chi connectivity index (χ1) is 17.3. The molecule has 0 fully saturated rings. The van der Waals surface area contributed by atoms with Gasteiger partial charge < -0.3 is 9.47 Å². The lowest BCUT2D eigenvalue weighted by Crippen LogP contribution is -2.52. The number of alkyl halides is 7. The molecule has 0 bridgehead atoms. The molecule has 0 aliphatic carbocycles. The number of halogens is 7. The summed E-state index contributed by atoms with van der Waals surface area (Å²) >= 11 is 0. The van der Waals surface area contributed by atoms with Crippen LogP contribution in [-0.4, -0.2) is 37.2 Å². The number of ether oxygens (including phenoxy) is 2. The topological polar surface area (TPSA) is 35.5 Å². The van der Waals surface area contributed by atoms with E-state index in [-0.39, 0.29) is 5.75 Å². The van der Waals surface area contributed by atoms with Crippen molar-refractivity contribution in [3.63, 3.8) is 0 Å². The van der Waals surface area contributed by atoms with E-state index in [2.05, 4.69) is 4.74 Å². The Kier molecular flexibility index (Phi) is 8.78. The molecule has 0 aromatic heterocycles. The zero-order valence-electron chi connectivity index (χ0n) is 19.4. The van der Waals surface area contributed by atoms with Crippen LogP contribution in [0.25, 0.3) is 0 Å². The van der Waals surface area contributed by atoms with Crippen LogP contribution >= 0.6 is 0 Å². The normalized spacial score (nSPS) is 12.5. The molecule has 11 heteroatoms. The fourth-order valence-corrected chi connectivity index (χ4v) is 5.51. The monoisotopic (exact) mass is 547 g/mol. The molecule has 0 aliphatic heterocycles. The van der Waals surface area contributed by atoms with E-state index in [1.807, 2.05) is 73.7 Å². The summed E-state index contributed by atoms with van der Waals surface area (Å²) in [5, 5.41) is 0. The van der Waals surface area contributed by atoms with Crippen molar-refractivity contribution in [2.24, 2.45) is 0 Å². The number of rotatable bonds is 10. The summed E-state index contributed by atoms with van der Waals surface area (Å²) < 4.78 is 98.6. The Bertz CT molecular complexity index is 1150. The Hall–Kier alpha value is -3.21. The zero-order chi connectivity index (χ0) is 27.3. The van der Waals surface area contributed by atoms with Crippen molar-refractivity contribution in [2.45, 2.75) is 46.1 Å². The number of esters is 1. The molecule has 37 heavy (non-hydrogen) atoms. The Morgan fingerprint density at radius 2 is 1.35 bits per heavy atom. The minimum absolute atomic E-state index is 0.261. The minimum Gasteiger partial charge on any atom is -0.482 e. The largest absolute Gasteiger partial charge is 0.482 e. The highest BCUT2D eigenvalue weighted by Crippen LogP contribution is 2.48. The smallest absolute Gasteiger partial charge is 0.459 e. The molecule has 0 saturated heterocycles. The van der Waals surface area contributed by atoms with Crippen molar-refractivity contribution < 1.29 is 45.0 Å². The first kappa shape index (κ1) is 28.4. The molecule has 0 heterocycles. The van der Waals surface area contributed by atoms with Crippen molar-refractivity contribution in [1.29, 1.82) is 0 Å². The predicted molar refractivity (Wildman–Crippen MR) is 123 cm³/mol. The van der Waals surface area contributed by atoms with Gasteiger partial charge in [0.05, 0.1) is 23.9 Å². The molecule has 0 radical (unpaired) electrons. The Morgan fingerprint density at radius 1 is 0.811 bits per heavy atom. The van der Waals surface area contributed by atoms with Crippen LogP contribution in [-0.2, 0) is 20.4 Å². The van der Waals surface area contributed by atoms with Gasteiger partial charge in [0.15, 0.2) is 21.3 Å². The van der Waals surface area contributed by atoms with Gasteiger partial charge in [-0.1, -0.05) is 36.4 Å². The maximum absolute atomic E-state index is 13.3. The zero-order valence-corrected chi connectivity index (χ0v) is 20.2. The van der Waals surface area contributed by atoms with E-state index in [1.54, 1.807) is 12.1 Å². The van der Waals surface area contributed by atoms with Gasteiger partial charge in [-0.2, -0.15) is 30.7 Å². The van der Waals surface area contributed by atoms with E-state index in [1.165, 1.54) is 0 Å². The third kappa shape index (κ3) is 6.76. The summed E-state index contributed by atoms with van der Waals surface area (Å²) in [6.07, 6.45) is -8.44. The standard InChI is InChI=1S/C26H22F7O3S/c1-18-16-19(36-17-23(34)35-15-14-24(27,28)25(29,30)26(31,32)33)12-13-22(18)37(20-8-4-2-5-9-20)21-10-6-3-7-11-21/h2-13,16H,14-15,17H2,1H3/q+1. The fourth-order valence-electron chi connectivity index (χ4n) is 3.29. The Morgan fingerprint density at radius 3 is 1.84 bits per heavy atom. The lowest BCUT2D eigenvalue weighted by Gasteiger charge is -2.27. The first-order valence-electron chi connectivity index (χ1n) is 10.9. The highest BCUT2D eigenvalue weighted by Gasteiger charge is 2.72. The Labute approximate surface area is 211 Å². The van der Waals surface area contributed by atoms with Gasteiger partial charge in [-0.15, -0.1) is 0 Å². The van der Waals surface area contributed by atoms with Gasteiger partial charge in [0.25, 0.3) is 0 Å². The second kappa shape index (κ2) is 11.5. The van der Waals surface area contributed by atoms with Crippen molar-refractivity contribution in [2.75, 3.05) is 13.2 Å². The van der Waals surface area contributed by atoms with Crippen LogP contribution in [0.2, 0.25) is 0 Å². The van der Waals surface area contributed by atoms with Crippen LogP contribution in [0, 0.1) is 6.92 Å². The Balaban J connectivity index is 1.63. The lowest BCUT2D eigenvalue weighted by atomic mass is 10.1. The highest BCUT2D eigenvalue weighted by atomic mass is 32.2. The average Bonchev–Trinajstić information content (AvgIpc) is 2.84. The van der Waals surface area contributed by atoms with Crippen LogP contribution in [0.3, 0.4) is 0 Å². The number of hydrogen-bond acceptors (Lipinski definition) is 3. The molecule has 0 atom stereocenters. The summed E-state index contributed by atoms with van der Waals surface area (Å²) in [6.45, 7) is -0.228. The summed E-state index contributed by atoms with van der Waals surface area (Å²) in [5.74, 6) is -12.6. The van der Waals surface area contributed by atoms with Crippen molar-refractivity contribution >= 4 is 16.9 Å². The van der Waals surface area contributed by atoms with Crippen LogP contribution in [0.1, 0.15) is 12.0 Å². The maximum Gasteiger partial charge on any atom is 0.459 e. The third-order valence-corrected chi connectivity index (χ3v) is 7.56. The van der Waals surface area contributed by atoms with E-state index in [0.717, 1.165) is 20.2 Å². The van der Waals surface area contributed by atoms with E-state index < -0.39 is 54.5 Å². The highest BCUT2D eigenvalue weighted by molar-refractivity contribution is 7.97. The second-order valence-electron chi connectivity index (χ2n) is 7.90. The number of hydrogen-bond donors (Lipinski definition) is 0. The van der Waals surface area contributed by atoms with Gasteiger partial charge in [-0.3, -0.25) is 0 Å². The molecule has 3 rings (SSSR count). The lowest BCUT2D eigenvalue weighted by molar-refractivity contribution is -0.356. The fraction of sp³-hybridized carbons (Fsp3) is 0.269. The summed E-state index contributed by atoms with van der Waals surface area (Å²) in [6, 6.07) is 24.8. The third-order valence-electron chi connectivity index (χ3n) is 5.18. The van der Waals surface area contributed by atoms with Gasteiger partial charge in [0, 0.05) is 5.56 Å². The SMILES string of the molecule is Cc1cc(OCC(=O)OCCC(F)(F)C(F)(F)C(F)(F)F)ccc1[S+](c1ccccc1)c1ccccc1. The van der Waals surface area contributed by atoms with Gasteiger partial charge in [0.2, 0.25) is 0 Å². The second-order valence-corrected chi connectivity index (χ2v) is 9.89. The van der Waals surface area contributed by atoms with Crippen molar-refractivity contribution in [1.82, 2.24) is 0 Å². The van der Waals surface area contributed by atoms with Gasteiger partial charge in [-0.05, 0) is 49.4 Å². The van der Waals surface area contributed by atoms with Gasteiger partial charge in [-0.25, -0.2) is 4.79 Å². The quantitative estimate of drug-likeness (QED) is 0.153. The number of carbonyl (C=O) groups excluding carboxylic acids is 1. The molecule has 198 valence electrons. The van der Waals surface area contributed by atoms with Crippen LogP contribution in [0.5, 0.6) is 5.75 Å². The first-order valence-corrected chi connectivity index (χ1v) is 12.1. The van der Waals surface area contributed by atoms with Gasteiger partial charge in [0.1, 0.15) is 5.75 Å². The molecular weight excluding hydrogens is 525 g/mol. The van der Waals surface area contributed by atoms with Crippen LogP contribution in [0.15, 0.2) is 93.5 Å². The molecule has 0 spiro atoms. The predicted octanol–water partition coefficient (Wildman–Crippen LogP) is 7.24. The number of benzene rings is 3. The number of aryl methyl sites for hydroxylation is 1. The van der Waals surface area contributed by atoms with Crippen molar-refractivity contribution in [3.05, 3.63) is 84.4 Å². The van der Waals surface area contributed by atoms with Crippen molar-refractivity contribution in [3.8, 4) is 5.75 Å². The van der Waals surface area contributed by atoms with Gasteiger partial charge >= 0.3 is 24.0 Å². The molecule has 0 unspecified atom stereocenters. The maximum atomic E-state index is 13.3. The molecule has 0 amide bonds. The molecule has 3 nitrogen and oxygen atoms in total. The summed E-state index contributed by atoms with van der Waals surface area (Å²) in [7, 11) is -0.434. The molecule has 0 aliphatic rings. The van der Waals surface area contributed by atoms with Crippen LogP contribution in [0.4, 0.5) is 30.7 Å². The summed E-state index contributed by atoms with van der Waals surface area (Å²) in [4.78, 5) is 14.9. The molecule has 0 saturated carbocycles. The minimum atomic E-state index is -6.44. The summed E-state index contributed by atoms with van der Waals surface area (Å²) in [5.41, 5.74) is 0.843. The van der Waals surface area contributed by atoms with E-state index in [0.29, 0.717) is 0 Å². The van der Waals surface area contributed by atoms with E-state index >= 15 is 0 Å². The molecule has 0 N–H and O–H groups in total. The molecular formula is C26H22F7O3S+. The number of carbonyl (C=O) groups is 1. The molecule has 3 aromatic rings. The van der Waals surface area contributed by atoms with E-state index in [4.69, 9.17) is 4.74 Å². The average molecular weight is 548 g/mol. The van der Waals surface area contributed by atoms with Crippen LogP contribution < -0.4 is 4.74 Å².